The van der Waals surface area contributed by atoms with Crippen molar-refractivity contribution in [2.45, 2.75) is 64.5 Å². The smallest absolute Gasteiger partial charge is 0.241 e. The van der Waals surface area contributed by atoms with Gasteiger partial charge in [-0.2, -0.15) is 4.98 Å². The molecule has 1 saturated carbocycles. The Labute approximate surface area is 184 Å². The summed E-state index contributed by atoms with van der Waals surface area (Å²) in [5.41, 5.74) is 2.11. The van der Waals surface area contributed by atoms with Crippen LogP contribution in [0.1, 0.15) is 56.4 Å². The number of nitrogens with zero attached hydrogens (tertiary/aromatic N) is 3. The van der Waals surface area contributed by atoms with E-state index in [2.05, 4.69) is 20.4 Å². The maximum absolute atomic E-state index is 12.6. The number of ether oxygens (including phenoxy) is 1. The highest BCUT2D eigenvalue weighted by atomic mass is 16.5. The van der Waals surface area contributed by atoms with Crippen molar-refractivity contribution < 1.29 is 14.1 Å². The van der Waals surface area contributed by atoms with Gasteiger partial charge in [-0.05, 0) is 51.1 Å². The van der Waals surface area contributed by atoms with Crippen LogP contribution in [0.15, 0.2) is 28.8 Å². The minimum Gasteiger partial charge on any atom is -0.378 e. The van der Waals surface area contributed by atoms with Crippen molar-refractivity contribution in [1.29, 1.82) is 0 Å². The van der Waals surface area contributed by atoms with Crippen LogP contribution in [0, 0.1) is 12.8 Å². The fourth-order valence-corrected chi connectivity index (χ4v) is 4.59. The van der Waals surface area contributed by atoms with Gasteiger partial charge in [-0.15, -0.1) is 0 Å². The predicted octanol–water partition coefficient (Wildman–Crippen LogP) is 3.72. The second kappa shape index (κ2) is 10.9. The van der Waals surface area contributed by atoms with Crippen molar-refractivity contribution in [2.75, 3.05) is 26.2 Å². The largest absolute Gasteiger partial charge is 0.378 e. The van der Waals surface area contributed by atoms with Crippen molar-refractivity contribution in [3.63, 3.8) is 0 Å². The Kier molecular flexibility index (Phi) is 7.70. The average Bonchev–Trinajstić information content (AvgIpc) is 3.46. The van der Waals surface area contributed by atoms with Gasteiger partial charge >= 0.3 is 0 Å². The molecule has 2 fully saturated rings. The monoisotopic (exact) mass is 426 g/mol. The maximum Gasteiger partial charge on any atom is 0.241 e. The molecule has 1 aliphatic carbocycles. The van der Waals surface area contributed by atoms with E-state index in [1.54, 1.807) is 0 Å². The summed E-state index contributed by atoms with van der Waals surface area (Å²) in [5, 5.41) is 7.25. The lowest BCUT2D eigenvalue weighted by Crippen LogP contribution is -2.43. The van der Waals surface area contributed by atoms with Gasteiger partial charge in [0.2, 0.25) is 17.6 Å². The zero-order valence-corrected chi connectivity index (χ0v) is 18.5. The Balaban J connectivity index is 1.20. The first-order chi connectivity index (χ1) is 15.2. The number of rotatable bonds is 9. The molecule has 7 nitrogen and oxygen atoms in total. The van der Waals surface area contributed by atoms with Crippen LogP contribution in [0.3, 0.4) is 0 Å². The fraction of sp³-hybridized carbons (Fsp3) is 0.625. The summed E-state index contributed by atoms with van der Waals surface area (Å²) in [5.74, 6) is 1.39. The quantitative estimate of drug-likeness (QED) is 0.616. The van der Waals surface area contributed by atoms with Gasteiger partial charge in [0.15, 0.2) is 0 Å². The molecule has 1 unspecified atom stereocenters. The number of benzene rings is 1. The van der Waals surface area contributed by atoms with Gasteiger partial charge < -0.3 is 14.6 Å². The number of hydrogen-bond donors (Lipinski definition) is 1. The van der Waals surface area contributed by atoms with Crippen LogP contribution in [0.4, 0.5) is 0 Å². The number of nitrogens with one attached hydrogen (secondary N) is 1. The summed E-state index contributed by atoms with van der Waals surface area (Å²) in [6.07, 6.45) is 8.21. The van der Waals surface area contributed by atoms with E-state index < -0.39 is 0 Å². The molecule has 1 aromatic carbocycles. The van der Waals surface area contributed by atoms with E-state index in [1.807, 2.05) is 31.2 Å². The van der Waals surface area contributed by atoms with Crippen molar-refractivity contribution in [2.24, 2.45) is 5.92 Å². The highest BCUT2D eigenvalue weighted by Gasteiger charge is 2.27. The van der Waals surface area contributed by atoms with E-state index in [4.69, 9.17) is 9.26 Å². The van der Waals surface area contributed by atoms with Crippen LogP contribution >= 0.6 is 0 Å². The van der Waals surface area contributed by atoms with E-state index in [0.717, 1.165) is 50.1 Å². The normalized spacial score (nSPS) is 20.2. The molecule has 2 aliphatic rings. The second-order valence-electron chi connectivity index (χ2n) is 8.82. The first-order valence-electron chi connectivity index (χ1n) is 11.7. The molecule has 1 saturated heterocycles. The molecule has 7 heteroatoms. The molecule has 31 heavy (non-hydrogen) atoms. The lowest BCUT2D eigenvalue weighted by atomic mass is 9.97. The Morgan fingerprint density at radius 2 is 2.06 bits per heavy atom. The lowest BCUT2D eigenvalue weighted by molar-refractivity contribution is -0.126. The zero-order chi connectivity index (χ0) is 21.5. The molecule has 1 aromatic heterocycles. The molecule has 0 radical (unpaired) electrons. The molecule has 0 spiro atoms. The summed E-state index contributed by atoms with van der Waals surface area (Å²) < 4.78 is 11.4. The molecule has 1 amide bonds. The number of aryl methyl sites for hydroxylation is 1. The number of piperidine rings is 1. The van der Waals surface area contributed by atoms with Crippen LogP contribution in [0.2, 0.25) is 0 Å². The van der Waals surface area contributed by atoms with E-state index in [0.29, 0.717) is 30.9 Å². The molecule has 1 aliphatic heterocycles. The summed E-state index contributed by atoms with van der Waals surface area (Å²) in [4.78, 5) is 19.4. The van der Waals surface area contributed by atoms with E-state index in [9.17, 15) is 4.79 Å². The van der Waals surface area contributed by atoms with Crippen LogP contribution in [-0.2, 0) is 16.1 Å². The first kappa shape index (κ1) is 22.0. The Hall–Kier alpha value is -2.25. The Morgan fingerprint density at radius 1 is 1.23 bits per heavy atom. The third-order valence-corrected chi connectivity index (χ3v) is 6.37. The minimum absolute atomic E-state index is 0.0169. The van der Waals surface area contributed by atoms with Gasteiger partial charge in [0, 0.05) is 25.3 Å². The maximum atomic E-state index is 12.6. The van der Waals surface area contributed by atoms with E-state index >= 15 is 0 Å². The lowest BCUT2D eigenvalue weighted by Gasteiger charge is -2.30. The van der Waals surface area contributed by atoms with Crippen LogP contribution in [0.25, 0.3) is 11.4 Å². The van der Waals surface area contributed by atoms with Gasteiger partial charge in [0.25, 0.3) is 0 Å². The first-order valence-corrected chi connectivity index (χ1v) is 11.7. The predicted molar refractivity (Wildman–Crippen MR) is 118 cm³/mol. The van der Waals surface area contributed by atoms with Crippen LogP contribution in [-0.4, -0.2) is 53.3 Å². The Bertz CT molecular complexity index is 847. The van der Waals surface area contributed by atoms with Crippen molar-refractivity contribution in [3.8, 4) is 11.4 Å². The SMILES string of the molecule is Cc1ccccc1-c1noc(CN2CCCC(C(=O)NCCCOC3CCCC3)C2)n1. The molecule has 168 valence electrons. The van der Waals surface area contributed by atoms with Crippen LogP contribution in [0.5, 0.6) is 0 Å². The highest BCUT2D eigenvalue weighted by Crippen LogP contribution is 2.23. The molecular formula is C24H34N4O3. The molecule has 2 aromatic rings. The topological polar surface area (TPSA) is 80.5 Å². The van der Waals surface area contributed by atoms with Gasteiger partial charge in [0.05, 0.1) is 18.6 Å². The third-order valence-electron chi connectivity index (χ3n) is 6.37. The average molecular weight is 427 g/mol. The summed E-state index contributed by atoms with van der Waals surface area (Å²) in [7, 11) is 0. The highest BCUT2D eigenvalue weighted by molar-refractivity contribution is 5.78. The molecular weight excluding hydrogens is 392 g/mol. The molecule has 1 atom stereocenters. The number of carbonyl (C=O) groups is 1. The van der Waals surface area contributed by atoms with Crippen molar-refractivity contribution in [3.05, 3.63) is 35.7 Å². The second-order valence-corrected chi connectivity index (χ2v) is 8.82. The van der Waals surface area contributed by atoms with E-state index in [-0.39, 0.29) is 11.8 Å². The standard InChI is InChI=1S/C24H34N4O3/c1-18-8-2-5-12-21(18)23-26-22(31-27-23)17-28-14-6-9-19(16-28)24(29)25-13-7-15-30-20-10-3-4-11-20/h2,5,8,12,19-20H,3-4,6-7,9-11,13-17H2,1H3,(H,25,29). The summed E-state index contributed by atoms with van der Waals surface area (Å²) >= 11 is 0. The minimum atomic E-state index is 0.0169. The number of aromatic nitrogens is 2. The van der Waals surface area contributed by atoms with E-state index in [1.165, 1.54) is 25.7 Å². The fourth-order valence-electron chi connectivity index (χ4n) is 4.59. The van der Waals surface area contributed by atoms with Crippen molar-refractivity contribution >= 4 is 5.91 Å². The molecule has 4 rings (SSSR count). The molecule has 0 bridgehead atoms. The summed E-state index contributed by atoms with van der Waals surface area (Å²) in [6.45, 7) is 5.72. The summed E-state index contributed by atoms with van der Waals surface area (Å²) in [6, 6.07) is 8.03. The number of hydrogen-bond acceptors (Lipinski definition) is 6. The van der Waals surface area contributed by atoms with Gasteiger partial charge in [0.1, 0.15) is 0 Å². The molecule has 2 heterocycles. The third kappa shape index (κ3) is 6.14. The Morgan fingerprint density at radius 3 is 2.90 bits per heavy atom. The van der Waals surface area contributed by atoms with Gasteiger partial charge in [-0.25, -0.2) is 0 Å². The van der Waals surface area contributed by atoms with Gasteiger partial charge in [-0.3, -0.25) is 9.69 Å². The number of likely N-dealkylation sites (tertiary alicyclic amines) is 1. The van der Waals surface area contributed by atoms with Gasteiger partial charge in [-0.1, -0.05) is 42.3 Å². The van der Waals surface area contributed by atoms with Crippen molar-refractivity contribution in [1.82, 2.24) is 20.4 Å². The number of carbonyl (C=O) groups excluding carboxylic acids is 1. The van der Waals surface area contributed by atoms with Crippen LogP contribution < -0.4 is 5.32 Å². The number of amides is 1. The zero-order valence-electron chi connectivity index (χ0n) is 18.5. The molecule has 1 N–H and O–H groups in total.